The first-order valence-electron chi connectivity index (χ1n) is 15.5. The molecule has 38 heavy (non-hydrogen) atoms. The molecule has 0 aliphatic heterocycles. The number of carbonyl (C=O) groups excluding carboxylic acids is 1. The fraction of sp³-hybridized carbons (Fsp3) is 0.629. The highest BCUT2D eigenvalue weighted by Crippen LogP contribution is 2.37. The van der Waals surface area contributed by atoms with E-state index in [1.165, 1.54) is 81.8 Å². The first kappa shape index (κ1) is 28.8. The summed E-state index contributed by atoms with van der Waals surface area (Å²) in [6.07, 6.45) is 16.2. The molecule has 208 valence electrons. The van der Waals surface area contributed by atoms with Gasteiger partial charge in [-0.3, -0.25) is 4.79 Å². The highest BCUT2D eigenvalue weighted by Gasteiger charge is 2.23. The van der Waals surface area contributed by atoms with Crippen LogP contribution in [0.15, 0.2) is 36.4 Å². The Labute approximate surface area is 230 Å². The predicted octanol–water partition coefficient (Wildman–Crippen LogP) is 10.0. The Bertz CT molecular complexity index is 1010. The third kappa shape index (κ3) is 7.70. The van der Waals surface area contributed by atoms with Gasteiger partial charge in [-0.05, 0) is 111 Å². The smallest absolute Gasteiger partial charge is 0.168 e. The van der Waals surface area contributed by atoms with Gasteiger partial charge in [-0.2, -0.15) is 0 Å². The fourth-order valence-electron chi connectivity index (χ4n) is 6.82. The van der Waals surface area contributed by atoms with Crippen LogP contribution in [0.1, 0.15) is 130 Å². The molecule has 0 unspecified atom stereocenters. The molecule has 2 aliphatic carbocycles. The van der Waals surface area contributed by atoms with Crippen LogP contribution in [0.5, 0.6) is 5.75 Å². The highest BCUT2D eigenvalue weighted by atomic mass is 19.1. The maximum Gasteiger partial charge on any atom is 0.168 e. The van der Waals surface area contributed by atoms with Gasteiger partial charge in [0.1, 0.15) is 0 Å². The summed E-state index contributed by atoms with van der Waals surface area (Å²) in [6.45, 7) is 6.83. The summed E-state index contributed by atoms with van der Waals surface area (Å²) < 4.78 is 20.9. The van der Waals surface area contributed by atoms with Gasteiger partial charge in [0.25, 0.3) is 0 Å². The Balaban J connectivity index is 1.22. The van der Waals surface area contributed by atoms with E-state index in [0.29, 0.717) is 36.0 Å². The minimum atomic E-state index is -0.377. The van der Waals surface area contributed by atoms with Crippen LogP contribution in [-0.2, 0) is 6.42 Å². The molecule has 0 heterocycles. The normalized spacial score (nSPS) is 23.8. The number of hydrogen-bond acceptors (Lipinski definition) is 2. The van der Waals surface area contributed by atoms with Gasteiger partial charge in [0.05, 0.1) is 6.61 Å². The molecule has 0 amide bonds. The average Bonchev–Trinajstić information content (AvgIpc) is 2.95. The fourth-order valence-corrected chi connectivity index (χ4v) is 6.82. The molecule has 0 bridgehead atoms. The second-order valence-corrected chi connectivity index (χ2v) is 12.2. The van der Waals surface area contributed by atoms with Crippen LogP contribution in [0.25, 0.3) is 0 Å². The van der Waals surface area contributed by atoms with E-state index in [2.05, 4.69) is 38.1 Å². The summed E-state index contributed by atoms with van der Waals surface area (Å²) in [5, 5.41) is 0. The van der Waals surface area contributed by atoms with Crippen LogP contribution >= 0.6 is 0 Å². The quantitative estimate of drug-likeness (QED) is 0.260. The SMILES string of the molecule is CCCC1CCC(c2ccc(CCCC(=O)c3ccc(OCC4CCC(CC)CC4)c(F)c3C)cc2)CC1. The van der Waals surface area contributed by atoms with Crippen molar-refractivity contribution in [2.45, 2.75) is 117 Å². The molecular weight excluding hydrogens is 471 g/mol. The zero-order valence-corrected chi connectivity index (χ0v) is 24.1. The zero-order valence-electron chi connectivity index (χ0n) is 24.1. The van der Waals surface area contributed by atoms with Crippen molar-refractivity contribution in [3.8, 4) is 5.75 Å². The molecular formula is C35H49FO2. The highest BCUT2D eigenvalue weighted by molar-refractivity contribution is 5.97. The minimum absolute atomic E-state index is 0.0197. The molecule has 0 spiro atoms. The monoisotopic (exact) mass is 520 g/mol. The third-order valence-electron chi connectivity index (χ3n) is 9.53. The Kier molecular flexibility index (Phi) is 10.8. The number of halogens is 1. The van der Waals surface area contributed by atoms with Gasteiger partial charge < -0.3 is 4.74 Å². The van der Waals surface area contributed by atoms with Gasteiger partial charge in [-0.25, -0.2) is 4.39 Å². The molecule has 2 saturated carbocycles. The van der Waals surface area contributed by atoms with Gasteiger partial charge >= 0.3 is 0 Å². The van der Waals surface area contributed by atoms with Crippen molar-refractivity contribution < 1.29 is 13.9 Å². The zero-order chi connectivity index (χ0) is 26.9. The molecule has 2 aromatic carbocycles. The Morgan fingerprint density at radius 1 is 0.868 bits per heavy atom. The first-order valence-corrected chi connectivity index (χ1v) is 15.5. The van der Waals surface area contributed by atoms with Crippen LogP contribution < -0.4 is 4.74 Å². The lowest BCUT2D eigenvalue weighted by molar-refractivity contribution is 0.0979. The van der Waals surface area contributed by atoms with E-state index < -0.39 is 0 Å². The van der Waals surface area contributed by atoms with Crippen molar-refractivity contribution in [1.82, 2.24) is 0 Å². The number of hydrogen-bond donors (Lipinski definition) is 0. The molecule has 4 rings (SSSR count). The van der Waals surface area contributed by atoms with Gasteiger partial charge in [0, 0.05) is 12.0 Å². The van der Waals surface area contributed by atoms with Crippen molar-refractivity contribution in [3.63, 3.8) is 0 Å². The number of ketones is 1. The van der Waals surface area contributed by atoms with E-state index in [1.54, 1.807) is 19.1 Å². The lowest BCUT2D eigenvalue weighted by Crippen LogP contribution is -2.20. The molecule has 0 atom stereocenters. The van der Waals surface area contributed by atoms with Gasteiger partial charge in [0.2, 0.25) is 0 Å². The van der Waals surface area contributed by atoms with Gasteiger partial charge in [-0.15, -0.1) is 0 Å². The van der Waals surface area contributed by atoms with Crippen LogP contribution in [0.2, 0.25) is 0 Å². The summed E-state index contributed by atoms with van der Waals surface area (Å²) in [7, 11) is 0. The van der Waals surface area contributed by atoms with E-state index in [9.17, 15) is 4.79 Å². The second-order valence-electron chi connectivity index (χ2n) is 12.2. The first-order chi connectivity index (χ1) is 18.5. The Morgan fingerprint density at radius 3 is 2.18 bits per heavy atom. The summed E-state index contributed by atoms with van der Waals surface area (Å²) >= 11 is 0. The summed E-state index contributed by atoms with van der Waals surface area (Å²) in [5.41, 5.74) is 3.66. The van der Waals surface area contributed by atoms with Crippen LogP contribution in [0, 0.1) is 30.5 Å². The van der Waals surface area contributed by atoms with E-state index >= 15 is 4.39 Å². The second kappa shape index (κ2) is 14.3. The summed E-state index contributed by atoms with van der Waals surface area (Å²) in [6, 6.07) is 12.5. The number of ether oxygens (including phenoxy) is 1. The molecule has 2 fully saturated rings. The number of benzene rings is 2. The van der Waals surface area contributed by atoms with E-state index in [-0.39, 0.29) is 17.3 Å². The van der Waals surface area contributed by atoms with E-state index in [1.807, 2.05) is 0 Å². The standard InChI is InChI=1S/C35H49FO2/c1-4-7-27-14-18-30(19-15-27)31-20-16-28(17-21-31)8-6-9-33(37)32-22-23-34(35(36)25(32)3)38-24-29-12-10-26(5-2)11-13-29/h16-17,20-23,26-27,29-30H,4-15,18-19,24H2,1-3H3. The van der Waals surface area contributed by atoms with Gasteiger partial charge in [-0.1, -0.05) is 70.2 Å². The van der Waals surface area contributed by atoms with Crippen molar-refractivity contribution in [2.75, 3.05) is 6.61 Å². The topological polar surface area (TPSA) is 26.3 Å². The minimum Gasteiger partial charge on any atom is -0.490 e. The lowest BCUT2D eigenvalue weighted by atomic mass is 9.77. The maximum absolute atomic E-state index is 15.1. The number of carbonyl (C=O) groups is 1. The van der Waals surface area contributed by atoms with E-state index in [4.69, 9.17) is 4.74 Å². The van der Waals surface area contributed by atoms with E-state index in [0.717, 1.165) is 24.7 Å². The number of Topliss-reactive ketones (excluding diaryl/α,β-unsaturated/α-hetero) is 1. The summed E-state index contributed by atoms with van der Waals surface area (Å²) in [4.78, 5) is 12.9. The van der Waals surface area contributed by atoms with Crippen molar-refractivity contribution in [3.05, 3.63) is 64.5 Å². The van der Waals surface area contributed by atoms with Crippen molar-refractivity contribution in [2.24, 2.45) is 17.8 Å². The molecule has 0 saturated heterocycles. The molecule has 2 nitrogen and oxygen atoms in total. The molecule has 2 aliphatic rings. The third-order valence-corrected chi connectivity index (χ3v) is 9.53. The molecule has 0 aromatic heterocycles. The Hall–Kier alpha value is -2.16. The number of aryl methyl sites for hydroxylation is 1. The van der Waals surface area contributed by atoms with Gasteiger partial charge in [0.15, 0.2) is 17.3 Å². The molecule has 2 aromatic rings. The summed E-state index contributed by atoms with van der Waals surface area (Å²) in [5.74, 6) is 2.92. The molecule has 0 N–H and O–H groups in total. The number of rotatable bonds is 12. The van der Waals surface area contributed by atoms with Crippen LogP contribution in [0.3, 0.4) is 0 Å². The average molecular weight is 521 g/mol. The lowest BCUT2D eigenvalue weighted by Gasteiger charge is -2.28. The Morgan fingerprint density at radius 2 is 1.53 bits per heavy atom. The molecule has 0 radical (unpaired) electrons. The van der Waals surface area contributed by atoms with Crippen LogP contribution in [-0.4, -0.2) is 12.4 Å². The molecule has 3 heteroatoms. The van der Waals surface area contributed by atoms with Crippen molar-refractivity contribution >= 4 is 5.78 Å². The van der Waals surface area contributed by atoms with Crippen LogP contribution in [0.4, 0.5) is 4.39 Å². The maximum atomic E-state index is 15.1. The van der Waals surface area contributed by atoms with Crippen molar-refractivity contribution in [1.29, 1.82) is 0 Å². The predicted molar refractivity (Wildman–Crippen MR) is 156 cm³/mol. The largest absolute Gasteiger partial charge is 0.490 e.